The minimum atomic E-state index is -0.457. The zero-order chi connectivity index (χ0) is 15.4. The van der Waals surface area contributed by atoms with Crippen LogP contribution in [0.4, 0.5) is 5.69 Å². The number of nitro groups is 1. The maximum atomic E-state index is 12.1. The normalized spacial score (nSPS) is 11.0. The molecule has 1 aromatic heterocycles. The van der Waals surface area contributed by atoms with Crippen molar-refractivity contribution in [3.63, 3.8) is 0 Å². The third-order valence-electron chi connectivity index (χ3n) is 3.20. The number of carbonyl (C=O) groups excluding carboxylic acids is 1. The van der Waals surface area contributed by atoms with Crippen LogP contribution in [0.5, 0.6) is 0 Å². The Labute approximate surface area is 121 Å². The van der Waals surface area contributed by atoms with Gasteiger partial charge in [-0.25, -0.2) is 0 Å². The van der Waals surface area contributed by atoms with Crippen LogP contribution < -0.4 is 0 Å². The van der Waals surface area contributed by atoms with Gasteiger partial charge in [0.15, 0.2) is 5.78 Å². The van der Waals surface area contributed by atoms with Crippen molar-refractivity contribution in [2.75, 3.05) is 0 Å². The number of hydrogen-bond acceptors (Lipinski definition) is 4. The van der Waals surface area contributed by atoms with Gasteiger partial charge >= 0.3 is 0 Å². The van der Waals surface area contributed by atoms with E-state index >= 15 is 0 Å². The molecule has 0 saturated heterocycles. The van der Waals surface area contributed by atoms with Gasteiger partial charge in [0.05, 0.1) is 16.7 Å². The number of aryl methyl sites for hydroxylation is 1. The number of nitro benzene ring substituents is 1. The number of ketones is 1. The lowest BCUT2D eigenvalue weighted by Crippen LogP contribution is -2.01. The summed E-state index contributed by atoms with van der Waals surface area (Å²) in [5, 5.41) is 14.7. The average Bonchev–Trinajstić information content (AvgIpc) is 2.86. The van der Waals surface area contributed by atoms with E-state index in [0.717, 1.165) is 11.3 Å². The van der Waals surface area contributed by atoms with E-state index in [-0.39, 0.29) is 11.5 Å². The lowest BCUT2D eigenvalue weighted by atomic mass is 10.1. The fraction of sp³-hybridized carbons (Fsp3) is 0.200. The van der Waals surface area contributed by atoms with Crippen LogP contribution in [0.2, 0.25) is 0 Å². The van der Waals surface area contributed by atoms with Gasteiger partial charge in [-0.2, -0.15) is 5.10 Å². The number of rotatable bonds is 5. The fourth-order valence-corrected chi connectivity index (χ4v) is 1.98. The Hall–Kier alpha value is -2.76. The molecule has 0 aliphatic carbocycles. The molecular formula is C15H15N3O3. The lowest BCUT2D eigenvalue weighted by Gasteiger charge is -1.99. The highest BCUT2D eigenvalue weighted by Gasteiger charge is 2.10. The molecule has 0 radical (unpaired) electrons. The second-order valence-electron chi connectivity index (χ2n) is 4.51. The van der Waals surface area contributed by atoms with E-state index in [4.69, 9.17) is 0 Å². The monoisotopic (exact) mass is 285 g/mol. The highest BCUT2D eigenvalue weighted by Crippen LogP contribution is 2.14. The molecule has 0 spiro atoms. The number of aromatic nitrogens is 2. The van der Waals surface area contributed by atoms with Gasteiger partial charge in [-0.3, -0.25) is 19.6 Å². The van der Waals surface area contributed by atoms with Crippen LogP contribution in [0.1, 0.15) is 28.5 Å². The third kappa shape index (κ3) is 3.22. The molecular weight excluding hydrogens is 270 g/mol. The van der Waals surface area contributed by atoms with Gasteiger partial charge in [0.25, 0.3) is 5.69 Å². The maximum Gasteiger partial charge on any atom is 0.269 e. The molecule has 0 amide bonds. The van der Waals surface area contributed by atoms with Crippen LogP contribution in [0.15, 0.2) is 36.5 Å². The highest BCUT2D eigenvalue weighted by molar-refractivity contribution is 6.07. The second-order valence-corrected chi connectivity index (χ2v) is 4.51. The van der Waals surface area contributed by atoms with Crippen molar-refractivity contribution >= 4 is 17.5 Å². The summed E-state index contributed by atoms with van der Waals surface area (Å²) in [5.41, 5.74) is 2.15. The number of carbonyl (C=O) groups is 1. The first kappa shape index (κ1) is 14.6. The van der Waals surface area contributed by atoms with Crippen LogP contribution in [0.3, 0.4) is 0 Å². The summed E-state index contributed by atoms with van der Waals surface area (Å²) in [6, 6.07) is 6.02. The Morgan fingerprint density at radius 3 is 2.57 bits per heavy atom. The van der Waals surface area contributed by atoms with Gasteiger partial charge in [0.2, 0.25) is 0 Å². The minimum Gasteiger partial charge on any atom is -0.289 e. The molecule has 0 fully saturated rings. The number of non-ortho nitro benzene ring substituents is 1. The van der Waals surface area contributed by atoms with E-state index in [0.29, 0.717) is 12.1 Å². The number of allylic oxidation sites excluding steroid dienone is 1. The van der Waals surface area contributed by atoms with Gasteiger partial charge in [-0.15, -0.1) is 0 Å². The van der Waals surface area contributed by atoms with Crippen molar-refractivity contribution < 1.29 is 9.72 Å². The average molecular weight is 285 g/mol. The van der Waals surface area contributed by atoms with Crippen molar-refractivity contribution in [2.45, 2.75) is 20.4 Å². The molecule has 0 unspecified atom stereocenters. The molecule has 0 aliphatic rings. The molecule has 0 saturated carbocycles. The Morgan fingerprint density at radius 1 is 1.38 bits per heavy atom. The van der Waals surface area contributed by atoms with Gasteiger partial charge in [0.1, 0.15) is 0 Å². The van der Waals surface area contributed by atoms with Crippen molar-refractivity contribution in [1.82, 2.24) is 9.78 Å². The largest absolute Gasteiger partial charge is 0.289 e. The van der Waals surface area contributed by atoms with E-state index in [1.807, 2.05) is 13.8 Å². The molecule has 2 rings (SSSR count). The van der Waals surface area contributed by atoms with E-state index in [9.17, 15) is 14.9 Å². The number of nitrogens with zero attached hydrogens (tertiary/aromatic N) is 3. The van der Waals surface area contributed by atoms with Gasteiger partial charge < -0.3 is 0 Å². The summed E-state index contributed by atoms with van der Waals surface area (Å²) < 4.78 is 1.76. The highest BCUT2D eigenvalue weighted by atomic mass is 16.6. The molecule has 108 valence electrons. The molecule has 0 N–H and O–H groups in total. The summed E-state index contributed by atoms with van der Waals surface area (Å²) >= 11 is 0. The molecule has 1 heterocycles. The van der Waals surface area contributed by atoms with E-state index < -0.39 is 4.92 Å². The summed E-state index contributed by atoms with van der Waals surface area (Å²) in [4.78, 5) is 22.2. The number of hydrogen-bond donors (Lipinski definition) is 0. The molecule has 21 heavy (non-hydrogen) atoms. The van der Waals surface area contributed by atoms with Gasteiger partial charge in [-0.1, -0.05) is 6.08 Å². The predicted octanol–water partition coefficient (Wildman–Crippen LogP) is 3.02. The van der Waals surface area contributed by atoms with Gasteiger partial charge in [0, 0.05) is 24.4 Å². The van der Waals surface area contributed by atoms with E-state index in [1.54, 1.807) is 29.1 Å². The van der Waals surface area contributed by atoms with Crippen LogP contribution in [-0.4, -0.2) is 20.5 Å². The zero-order valence-corrected chi connectivity index (χ0v) is 11.8. The first-order chi connectivity index (χ1) is 10.0. The molecule has 6 heteroatoms. The number of benzene rings is 1. The quantitative estimate of drug-likeness (QED) is 0.366. The SMILES string of the molecule is CCn1ncc(C(=O)C=Cc2ccc([N+](=O)[O-])cc2)c1C. The van der Waals surface area contributed by atoms with Crippen LogP contribution in [-0.2, 0) is 6.54 Å². The van der Waals surface area contributed by atoms with Crippen molar-refractivity contribution in [1.29, 1.82) is 0 Å². The predicted molar refractivity (Wildman–Crippen MR) is 79.1 cm³/mol. The molecule has 0 atom stereocenters. The van der Waals surface area contributed by atoms with Crippen LogP contribution in [0.25, 0.3) is 6.08 Å². The Bertz CT molecular complexity index is 699. The first-order valence-electron chi connectivity index (χ1n) is 6.52. The maximum absolute atomic E-state index is 12.1. The Balaban J connectivity index is 2.14. The molecule has 0 bridgehead atoms. The minimum absolute atomic E-state index is 0.0264. The fourth-order valence-electron chi connectivity index (χ4n) is 1.98. The molecule has 6 nitrogen and oxygen atoms in total. The summed E-state index contributed by atoms with van der Waals surface area (Å²) in [5.74, 6) is -0.134. The standard InChI is InChI=1S/C15H15N3O3/c1-3-17-11(2)14(10-16-17)15(19)9-6-12-4-7-13(8-5-12)18(20)21/h4-10H,3H2,1-2H3. The Morgan fingerprint density at radius 2 is 2.05 bits per heavy atom. The van der Waals surface area contributed by atoms with E-state index in [2.05, 4.69) is 5.10 Å². The topological polar surface area (TPSA) is 78.0 Å². The van der Waals surface area contributed by atoms with Crippen molar-refractivity contribution in [3.05, 3.63) is 63.5 Å². The summed E-state index contributed by atoms with van der Waals surface area (Å²) in [6.07, 6.45) is 4.64. The molecule has 1 aromatic carbocycles. The first-order valence-corrected chi connectivity index (χ1v) is 6.52. The smallest absolute Gasteiger partial charge is 0.269 e. The van der Waals surface area contributed by atoms with Crippen LogP contribution >= 0.6 is 0 Å². The van der Waals surface area contributed by atoms with E-state index in [1.165, 1.54) is 18.2 Å². The van der Waals surface area contributed by atoms with Crippen molar-refractivity contribution in [3.8, 4) is 0 Å². The van der Waals surface area contributed by atoms with Crippen molar-refractivity contribution in [2.24, 2.45) is 0 Å². The molecule has 2 aromatic rings. The third-order valence-corrected chi connectivity index (χ3v) is 3.20. The second kappa shape index (κ2) is 6.13. The summed E-state index contributed by atoms with van der Waals surface area (Å²) in [6.45, 7) is 4.52. The van der Waals surface area contributed by atoms with Crippen LogP contribution in [0, 0.1) is 17.0 Å². The lowest BCUT2D eigenvalue weighted by molar-refractivity contribution is -0.384. The molecule has 0 aliphatic heterocycles. The summed E-state index contributed by atoms with van der Waals surface area (Å²) in [7, 11) is 0. The zero-order valence-electron chi connectivity index (χ0n) is 11.8. The van der Waals surface area contributed by atoms with Gasteiger partial charge in [-0.05, 0) is 37.6 Å². The Kier molecular flexibility index (Phi) is 4.27.